The van der Waals surface area contributed by atoms with Crippen LogP contribution in [-0.4, -0.2) is 56.7 Å². The van der Waals surface area contributed by atoms with E-state index in [0.717, 1.165) is 35.4 Å². The van der Waals surface area contributed by atoms with Crippen molar-refractivity contribution < 1.29 is 4.79 Å². The van der Waals surface area contributed by atoms with Crippen molar-refractivity contribution >= 4 is 23.1 Å². The molecular formula is C18H20N6OS. The molecule has 7 nitrogen and oxygen atoms in total. The topological polar surface area (TPSA) is 67.2 Å². The third kappa shape index (κ3) is 3.45. The Hall–Kier alpha value is -2.74. The van der Waals surface area contributed by atoms with Crippen LogP contribution in [0.25, 0.3) is 5.82 Å². The van der Waals surface area contributed by atoms with E-state index in [1.807, 2.05) is 52.2 Å². The maximum absolute atomic E-state index is 12.4. The van der Waals surface area contributed by atoms with Crippen LogP contribution < -0.4 is 4.90 Å². The number of imidazole rings is 1. The molecule has 3 aromatic rings. The van der Waals surface area contributed by atoms with Crippen molar-refractivity contribution in [3.05, 3.63) is 52.7 Å². The molecule has 1 saturated heterocycles. The monoisotopic (exact) mass is 368 g/mol. The summed E-state index contributed by atoms with van der Waals surface area (Å²) in [6.07, 6.45) is 4.12. The third-order valence-corrected chi connectivity index (χ3v) is 5.45. The number of carbonyl (C=O) groups is 1. The second-order valence-corrected chi connectivity index (χ2v) is 7.25. The highest BCUT2D eigenvalue weighted by Gasteiger charge is 2.22. The van der Waals surface area contributed by atoms with Crippen LogP contribution in [0.2, 0.25) is 0 Å². The van der Waals surface area contributed by atoms with E-state index < -0.39 is 0 Å². The van der Waals surface area contributed by atoms with Crippen molar-refractivity contribution in [1.29, 1.82) is 0 Å². The number of carbonyl (C=O) groups excluding carboxylic acids is 1. The Morgan fingerprint density at radius 1 is 1.12 bits per heavy atom. The molecule has 3 aromatic heterocycles. The van der Waals surface area contributed by atoms with E-state index in [-0.39, 0.29) is 5.91 Å². The number of nitrogens with zero attached hydrogens (tertiary/aromatic N) is 6. The normalized spacial score (nSPS) is 14.7. The van der Waals surface area contributed by atoms with Crippen LogP contribution in [0.3, 0.4) is 0 Å². The molecule has 0 N–H and O–H groups in total. The first kappa shape index (κ1) is 16.7. The third-order valence-electron chi connectivity index (χ3n) is 4.57. The summed E-state index contributed by atoms with van der Waals surface area (Å²) in [6, 6.07) is 7.92. The predicted molar refractivity (Wildman–Crippen MR) is 101 cm³/mol. The summed E-state index contributed by atoms with van der Waals surface area (Å²) in [5.74, 6) is 2.68. The van der Waals surface area contributed by atoms with Gasteiger partial charge in [-0.3, -0.25) is 9.36 Å². The van der Waals surface area contributed by atoms with E-state index in [2.05, 4.69) is 20.1 Å². The molecule has 0 unspecified atom stereocenters. The smallest absolute Gasteiger partial charge is 0.227 e. The number of amides is 1. The van der Waals surface area contributed by atoms with Gasteiger partial charge in [-0.2, -0.15) is 0 Å². The Bertz CT molecular complexity index is 865. The van der Waals surface area contributed by atoms with Gasteiger partial charge in [0.15, 0.2) is 11.6 Å². The molecule has 1 amide bonds. The number of anilines is 1. The van der Waals surface area contributed by atoms with Gasteiger partial charge in [-0.05, 0) is 30.5 Å². The van der Waals surface area contributed by atoms with Gasteiger partial charge >= 0.3 is 0 Å². The second-order valence-electron chi connectivity index (χ2n) is 6.22. The lowest BCUT2D eigenvalue weighted by molar-refractivity contribution is -0.130. The maximum Gasteiger partial charge on any atom is 0.227 e. The van der Waals surface area contributed by atoms with Crippen molar-refractivity contribution in [1.82, 2.24) is 24.6 Å². The van der Waals surface area contributed by atoms with Gasteiger partial charge in [0.2, 0.25) is 5.91 Å². The average Bonchev–Trinajstić information content (AvgIpc) is 3.34. The molecule has 1 fully saturated rings. The number of piperazine rings is 1. The number of aryl methyl sites for hydroxylation is 1. The van der Waals surface area contributed by atoms with Gasteiger partial charge in [0.1, 0.15) is 5.82 Å². The molecule has 0 atom stereocenters. The molecule has 0 aromatic carbocycles. The van der Waals surface area contributed by atoms with Gasteiger partial charge in [-0.15, -0.1) is 21.5 Å². The molecule has 0 radical (unpaired) electrons. The van der Waals surface area contributed by atoms with E-state index in [0.29, 0.717) is 19.5 Å². The molecule has 0 saturated carbocycles. The Kier molecular flexibility index (Phi) is 4.66. The zero-order valence-electron chi connectivity index (χ0n) is 14.6. The zero-order chi connectivity index (χ0) is 17.9. The average molecular weight is 368 g/mol. The van der Waals surface area contributed by atoms with Crippen LogP contribution in [0.5, 0.6) is 0 Å². The van der Waals surface area contributed by atoms with Crippen LogP contribution in [-0.2, 0) is 11.2 Å². The molecule has 4 rings (SSSR count). The van der Waals surface area contributed by atoms with Crippen LogP contribution in [0.15, 0.2) is 42.0 Å². The van der Waals surface area contributed by atoms with Crippen molar-refractivity contribution in [2.45, 2.75) is 13.3 Å². The SMILES string of the molecule is Cc1nccn1-c1ccc(N2CCN(C(=O)Cc3cccs3)CC2)nn1. The summed E-state index contributed by atoms with van der Waals surface area (Å²) < 4.78 is 1.90. The molecule has 1 aliphatic rings. The fourth-order valence-electron chi connectivity index (χ4n) is 3.09. The fraction of sp³-hybridized carbons (Fsp3) is 0.333. The molecule has 0 bridgehead atoms. The lowest BCUT2D eigenvalue weighted by Gasteiger charge is -2.35. The van der Waals surface area contributed by atoms with Gasteiger partial charge < -0.3 is 9.80 Å². The summed E-state index contributed by atoms with van der Waals surface area (Å²) >= 11 is 1.63. The Labute approximate surface area is 155 Å². The summed E-state index contributed by atoms with van der Waals surface area (Å²) in [4.78, 5) is 21.8. The molecule has 0 aliphatic carbocycles. The van der Waals surface area contributed by atoms with Gasteiger partial charge in [0.05, 0.1) is 6.42 Å². The number of hydrogen-bond donors (Lipinski definition) is 0. The number of rotatable bonds is 4. The fourth-order valence-corrected chi connectivity index (χ4v) is 3.79. The van der Waals surface area contributed by atoms with Crippen molar-refractivity contribution in [3.8, 4) is 5.82 Å². The predicted octanol–water partition coefficient (Wildman–Crippen LogP) is 1.92. The molecule has 0 spiro atoms. The van der Waals surface area contributed by atoms with Crippen LogP contribution >= 0.6 is 11.3 Å². The highest BCUT2D eigenvalue weighted by Crippen LogP contribution is 2.16. The molecular weight excluding hydrogens is 348 g/mol. The first-order valence-corrected chi connectivity index (χ1v) is 9.48. The van der Waals surface area contributed by atoms with E-state index in [1.54, 1.807) is 17.5 Å². The van der Waals surface area contributed by atoms with Crippen LogP contribution in [0, 0.1) is 6.92 Å². The minimum Gasteiger partial charge on any atom is -0.352 e. The van der Waals surface area contributed by atoms with E-state index in [4.69, 9.17) is 0 Å². The lowest BCUT2D eigenvalue weighted by atomic mass is 10.2. The molecule has 1 aliphatic heterocycles. The second kappa shape index (κ2) is 7.25. The van der Waals surface area contributed by atoms with E-state index in [1.165, 1.54) is 0 Å². The van der Waals surface area contributed by atoms with E-state index >= 15 is 0 Å². The van der Waals surface area contributed by atoms with Gasteiger partial charge in [0, 0.05) is 43.4 Å². The Balaban J connectivity index is 1.36. The molecule has 26 heavy (non-hydrogen) atoms. The molecule has 8 heteroatoms. The largest absolute Gasteiger partial charge is 0.352 e. The summed E-state index contributed by atoms with van der Waals surface area (Å²) in [5, 5.41) is 10.7. The first-order chi connectivity index (χ1) is 12.7. The first-order valence-electron chi connectivity index (χ1n) is 8.60. The number of hydrogen-bond acceptors (Lipinski definition) is 6. The van der Waals surface area contributed by atoms with Crippen molar-refractivity contribution in [2.75, 3.05) is 31.1 Å². The summed E-state index contributed by atoms with van der Waals surface area (Å²) in [5.41, 5.74) is 0. The zero-order valence-corrected chi connectivity index (χ0v) is 15.4. The summed E-state index contributed by atoms with van der Waals surface area (Å²) in [6.45, 7) is 4.91. The minimum absolute atomic E-state index is 0.198. The van der Waals surface area contributed by atoms with Gasteiger partial charge in [-0.1, -0.05) is 6.07 Å². The standard InChI is InChI=1S/C18H20N6OS/c1-14-19-6-7-24(14)17-5-4-16(20-21-17)22-8-10-23(11-9-22)18(25)13-15-3-2-12-26-15/h2-7,12H,8-11,13H2,1H3. The van der Waals surface area contributed by atoms with Crippen molar-refractivity contribution in [2.24, 2.45) is 0 Å². The van der Waals surface area contributed by atoms with E-state index in [9.17, 15) is 4.79 Å². The molecule has 4 heterocycles. The van der Waals surface area contributed by atoms with Crippen LogP contribution in [0.4, 0.5) is 5.82 Å². The highest BCUT2D eigenvalue weighted by atomic mass is 32.1. The van der Waals surface area contributed by atoms with Crippen LogP contribution in [0.1, 0.15) is 10.7 Å². The van der Waals surface area contributed by atoms with Gasteiger partial charge in [0.25, 0.3) is 0 Å². The van der Waals surface area contributed by atoms with Crippen molar-refractivity contribution in [3.63, 3.8) is 0 Å². The highest BCUT2D eigenvalue weighted by molar-refractivity contribution is 7.10. The quantitative estimate of drug-likeness (QED) is 0.704. The molecule has 134 valence electrons. The van der Waals surface area contributed by atoms with Gasteiger partial charge in [-0.25, -0.2) is 4.98 Å². The number of thiophene rings is 1. The maximum atomic E-state index is 12.4. The Morgan fingerprint density at radius 3 is 2.50 bits per heavy atom. The number of aromatic nitrogens is 4. The Morgan fingerprint density at radius 2 is 1.88 bits per heavy atom. The summed E-state index contributed by atoms with van der Waals surface area (Å²) in [7, 11) is 0. The lowest BCUT2D eigenvalue weighted by Crippen LogP contribution is -2.49. The minimum atomic E-state index is 0.198.